The van der Waals surface area contributed by atoms with E-state index >= 15 is 0 Å². The molecule has 3 N–H and O–H groups in total. The lowest BCUT2D eigenvalue weighted by molar-refractivity contribution is -0.138. The number of carbonyl (C=O) groups excluding carboxylic acids is 2. The molecular formula is C24H26N4O7S. The number of hydrogen-bond donors (Lipinski definition) is 3. The molecule has 0 radical (unpaired) electrons. The normalized spacial score (nSPS) is 16.1. The third-order valence-electron chi connectivity index (χ3n) is 4.57. The van der Waals surface area contributed by atoms with Crippen LogP contribution in [0.1, 0.15) is 25.8 Å². The van der Waals surface area contributed by atoms with Crippen molar-refractivity contribution in [3.05, 3.63) is 48.0 Å². The van der Waals surface area contributed by atoms with Gasteiger partial charge in [0.2, 0.25) is 5.91 Å². The van der Waals surface area contributed by atoms with Gasteiger partial charge in [-0.05, 0) is 61.9 Å². The molecule has 190 valence electrons. The van der Waals surface area contributed by atoms with E-state index in [1.54, 1.807) is 42.5 Å². The Morgan fingerprint density at radius 2 is 1.83 bits per heavy atom. The number of hydrogen-bond acceptors (Lipinski definition) is 9. The van der Waals surface area contributed by atoms with Gasteiger partial charge in [0.1, 0.15) is 11.0 Å². The quantitative estimate of drug-likeness (QED) is 0.289. The molecule has 0 aromatic heterocycles. The predicted octanol–water partition coefficient (Wildman–Crippen LogP) is 2.90. The SMILES string of the molecule is CCOc1ccc(NC(=O)COc2ccc(C=NN=C3NC(=O)C(CC(=O)O)S3)cc2OCC)cc1. The lowest BCUT2D eigenvalue weighted by Crippen LogP contribution is -2.26. The first kappa shape index (κ1) is 26.5. The van der Waals surface area contributed by atoms with E-state index in [0.29, 0.717) is 36.0 Å². The number of benzene rings is 2. The van der Waals surface area contributed by atoms with Crippen LogP contribution in [0, 0.1) is 0 Å². The van der Waals surface area contributed by atoms with Gasteiger partial charge < -0.3 is 30.0 Å². The summed E-state index contributed by atoms with van der Waals surface area (Å²) in [6, 6.07) is 12.1. The maximum Gasteiger partial charge on any atom is 0.305 e. The number of nitrogens with zero attached hydrogens (tertiary/aromatic N) is 2. The summed E-state index contributed by atoms with van der Waals surface area (Å²) in [6.45, 7) is 4.44. The van der Waals surface area contributed by atoms with Crippen LogP contribution in [0.3, 0.4) is 0 Å². The summed E-state index contributed by atoms with van der Waals surface area (Å²) in [5.41, 5.74) is 1.27. The molecule has 12 heteroatoms. The molecule has 36 heavy (non-hydrogen) atoms. The number of carbonyl (C=O) groups is 3. The van der Waals surface area contributed by atoms with Crippen LogP contribution in [-0.4, -0.2) is 59.3 Å². The Hall–Kier alpha value is -4.06. The summed E-state index contributed by atoms with van der Waals surface area (Å²) >= 11 is 1.01. The minimum absolute atomic E-state index is 0.219. The van der Waals surface area contributed by atoms with Gasteiger partial charge in [-0.15, -0.1) is 5.10 Å². The van der Waals surface area contributed by atoms with Gasteiger partial charge >= 0.3 is 5.97 Å². The summed E-state index contributed by atoms with van der Waals surface area (Å²) in [6.07, 6.45) is 1.16. The Labute approximate surface area is 211 Å². The molecule has 1 atom stereocenters. The summed E-state index contributed by atoms with van der Waals surface area (Å²) in [4.78, 5) is 34.9. The van der Waals surface area contributed by atoms with E-state index in [9.17, 15) is 14.4 Å². The van der Waals surface area contributed by atoms with E-state index in [0.717, 1.165) is 17.5 Å². The summed E-state index contributed by atoms with van der Waals surface area (Å²) in [5, 5.41) is 21.5. The highest BCUT2D eigenvalue weighted by Crippen LogP contribution is 2.28. The number of nitrogens with one attached hydrogen (secondary N) is 2. The highest BCUT2D eigenvalue weighted by atomic mass is 32.2. The maximum absolute atomic E-state index is 12.3. The maximum atomic E-state index is 12.3. The molecule has 2 aromatic carbocycles. The van der Waals surface area contributed by atoms with E-state index < -0.39 is 17.1 Å². The molecule has 2 aromatic rings. The molecule has 1 aliphatic heterocycles. The molecule has 1 fully saturated rings. The highest BCUT2D eigenvalue weighted by molar-refractivity contribution is 8.15. The van der Waals surface area contributed by atoms with Crippen molar-refractivity contribution < 1.29 is 33.7 Å². The number of aliphatic carboxylic acids is 1. The fourth-order valence-electron chi connectivity index (χ4n) is 3.03. The Morgan fingerprint density at radius 1 is 1.08 bits per heavy atom. The first-order valence-corrected chi connectivity index (χ1v) is 12.0. The molecule has 0 bridgehead atoms. The van der Waals surface area contributed by atoms with Crippen LogP contribution in [0.15, 0.2) is 52.7 Å². The van der Waals surface area contributed by atoms with Crippen molar-refractivity contribution in [1.82, 2.24) is 5.32 Å². The average molecular weight is 515 g/mol. The Bertz CT molecular complexity index is 1150. The smallest absolute Gasteiger partial charge is 0.305 e. The van der Waals surface area contributed by atoms with Crippen molar-refractivity contribution >= 4 is 46.6 Å². The number of amides is 2. The number of amidine groups is 1. The number of thioether (sulfide) groups is 1. The van der Waals surface area contributed by atoms with Crippen LogP contribution in [0.25, 0.3) is 0 Å². The van der Waals surface area contributed by atoms with Gasteiger partial charge in [0, 0.05) is 5.69 Å². The molecule has 2 amide bonds. The van der Waals surface area contributed by atoms with Crippen molar-refractivity contribution in [2.24, 2.45) is 10.2 Å². The monoisotopic (exact) mass is 514 g/mol. The second kappa shape index (κ2) is 13.1. The van der Waals surface area contributed by atoms with Crippen molar-refractivity contribution in [2.45, 2.75) is 25.5 Å². The molecule has 1 heterocycles. The molecule has 1 saturated heterocycles. The van der Waals surface area contributed by atoms with Crippen molar-refractivity contribution in [3.63, 3.8) is 0 Å². The summed E-state index contributed by atoms with van der Waals surface area (Å²) in [7, 11) is 0. The fourth-order valence-corrected chi connectivity index (χ4v) is 3.94. The number of rotatable bonds is 12. The average Bonchev–Trinajstić information content (AvgIpc) is 3.18. The predicted molar refractivity (Wildman–Crippen MR) is 136 cm³/mol. The lowest BCUT2D eigenvalue weighted by Gasteiger charge is -2.13. The van der Waals surface area contributed by atoms with Crippen LogP contribution in [0.2, 0.25) is 0 Å². The lowest BCUT2D eigenvalue weighted by atomic mass is 10.2. The zero-order valence-electron chi connectivity index (χ0n) is 19.7. The number of carboxylic acid groups (broad SMARTS) is 1. The molecule has 1 aliphatic rings. The molecular weight excluding hydrogens is 488 g/mol. The minimum Gasteiger partial charge on any atom is -0.494 e. The minimum atomic E-state index is -1.06. The van der Waals surface area contributed by atoms with Crippen molar-refractivity contribution in [1.29, 1.82) is 0 Å². The molecule has 0 saturated carbocycles. The summed E-state index contributed by atoms with van der Waals surface area (Å²) in [5.74, 6) is -0.280. The molecule has 0 spiro atoms. The van der Waals surface area contributed by atoms with Crippen LogP contribution < -0.4 is 24.8 Å². The van der Waals surface area contributed by atoms with Gasteiger partial charge in [-0.3, -0.25) is 14.4 Å². The zero-order valence-corrected chi connectivity index (χ0v) is 20.5. The van der Waals surface area contributed by atoms with Gasteiger partial charge in [-0.1, -0.05) is 11.8 Å². The van der Waals surface area contributed by atoms with E-state index in [4.69, 9.17) is 19.3 Å². The third-order valence-corrected chi connectivity index (χ3v) is 5.64. The van der Waals surface area contributed by atoms with Crippen LogP contribution in [-0.2, 0) is 14.4 Å². The topological polar surface area (TPSA) is 148 Å². The third kappa shape index (κ3) is 8.01. The second-order valence-electron chi connectivity index (χ2n) is 7.28. The van der Waals surface area contributed by atoms with Gasteiger partial charge in [-0.2, -0.15) is 5.10 Å². The largest absolute Gasteiger partial charge is 0.494 e. The number of carboxylic acids is 1. The Balaban J connectivity index is 1.57. The van der Waals surface area contributed by atoms with Gasteiger partial charge in [-0.25, -0.2) is 0 Å². The first-order valence-electron chi connectivity index (χ1n) is 11.1. The summed E-state index contributed by atoms with van der Waals surface area (Å²) < 4.78 is 16.7. The van der Waals surface area contributed by atoms with Crippen LogP contribution in [0.5, 0.6) is 17.2 Å². The zero-order chi connectivity index (χ0) is 25.9. The van der Waals surface area contributed by atoms with E-state index in [-0.39, 0.29) is 24.1 Å². The van der Waals surface area contributed by atoms with Gasteiger partial charge in [0.05, 0.1) is 25.8 Å². The first-order chi connectivity index (χ1) is 17.4. The second-order valence-corrected chi connectivity index (χ2v) is 8.47. The standard InChI is InChI=1S/C24H26N4O7S/c1-3-33-17-8-6-16(7-9-17)26-21(29)14-35-18-10-5-15(11-19(18)34-4-2)13-25-28-24-27-23(32)20(36-24)12-22(30)31/h5-11,13,20H,3-4,12,14H2,1-2H3,(H,26,29)(H,30,31)(H,27,28,32). The molecule has 1 unspecified atom stereocenters. The van der Waals surface area contributed by atoms with Crippen LogP contribution >= 0.6 is 11.8 Å². The number of ether oxygens (including phenoxy) is 3. The number of anilines is 1. The molecule has 3 rings (SSSR count). The molecule has 0 aliphatic carbocycles. The van der Waals surface area contributed by atoms with Crippen molar-refractivity contribution in [2.75, 3.05) is 25.1 Å². The van der Waals surface area contributed by atoms with Gasteiger partial charge in [0.25, 0.3) is 5.91 Å². The van der Waals surface area contributed by atoms with Crippen molar-refractivity contribution in [3.8, 4) is 17.2 Å². The van der Waals surface area contributed by atoms with Gasteiger partial charge in [0.15, 0.2) is 23.3 Å². The van der Waals surface area contributed by atoms with Crippen LogP contribution in [0.4, 0.5) is 5.69 Å². The van der Waals surface area contributed by atoms with E-state index in [1.165, 1.54) is 6.21 Å². The highest BCUT2D eigenvalue weighted by Gasteiger charge is 2.32. The Kier molecular flexibility index (Phi) is 9.69. The van der Waals surface area contributed by atoms with E-state index in [1.807, 2.05) is 13.8 Å². The van der Waals surface area contributed by atoms with E-state index in [2.05, 4.69) is 20.8 Å². The Morgan fingerprint density at radius 3 is 2.53 bits per heavy atom. The fraction of sp³-hybridized carbons (Fsp3) is 0.292. The molecule has 11 nitrogen and oxygen atoms in total.